The Morgan fingerprint density at radius 2 is 1.83 bits per heavy atom. The molecule has 1 aliphatic heterocycles. The van der Waals surface area contributed by atoms with Gasteiger partial charge in [0.15, 0.2) is 17.3 Å². The molecule has 1 fully saturated rings. The highest BCUT2D eigenvalue weighted by atomic mass is 16.5. The molecule has 1 aromatic heterocycles. The maximum atomic E-state index is 12.7. The molecule has 1 unspecified atom stereocenters. The molecule has 10 nitrogen and oxygen atoms in total. The second-order valence-electron chi connectivity index (χ2n) is 6.93. The molecule has 10 heteroatoms. The first-order valence-electron chi connectivity index (χ1n) is 9.47. The fraction of sp³-hybridized carbons (Fsp3) is 0.450. The Bertz CT molecular complexity index is 867. The molecule has 1 atom stereocenters. The lowest BCUT2D eigenvalue weighted by molar-refractivity contribution is 0.189. The van der Waals surface area contributed by atoms with Gasteiger partial charge in [-0.2, -0.15) is 4.98 Å². The van der Waals surface area contributed by atoms with E-state index in [1.165, 1.54) is 21.3 Å². The van der Waals surface area contributed by atoms with Crippen LogP contribution in [0, 0.1) is 0 Å². The van der Waals surface area contributed by atoms with Gasteiger partial charge in [-0.3, -0.25) is 4.98 Å². The number of urea groups is 1. The van der Waals surface area contributed by atoms with Crippen LogP contribution < -0.4 is 29.2 Å². The maximum Gasteiger partial charge on any atom is 0.321 e. The Balaban J connectivity index is 1.63. The summed E-state index contributed by atoms with van der Waals surface area (Å²) < 4.78 is 21.9. The molecule has 30 heavy (non-hydrogen) atoms. The van der Waals surface area contributed by atoms with Crippen LogP contribution in [0.5, 0.6) is 23.1 Å². The van der Waals surface area contributed by atoms with Crippen molar-refractivity contribution in [2.24, 2.45) is 0 Å². The quantitative estimate of drug-likeness (QED) is 0.733. The lowest BCUT2D eigenvalue weighted by atomic mass is 10.2. The zero-order valence-electron chi connectivity index (χ0n) is 17.8. The molecule has 1 aromatic carbocycles. The third-order valence-corrected chi connectivity index (χ3v) is 4.69. The molecule has 1 N–H and O–H groups in total. The van der Waals surface area contributed by atoms with Crippen LogP contribution in [0.15, 0.2) is 24.5 Å². The number of nitrogens with one attached hydrogen (secondary N) is 1. The van der Waals surface area contributed by atoms with Crippen LogP contribution in [0.2, 0.25) is 0 Å². The molecule has 2 amide bonds. The van der Waals surface area contributed by atoms with Gasteiger partial charge in [0.05, 0.1) is 46.0 Å². The van der Waals surface area contributed by atoms with E-state index in [0.29, 0.717) is 54.1 Å². The summed E-state index contributed by atoms with van der Waals surface area (Å²) in [6, 6.07) is 3.14. The van der Waals surface area contributed by atoms with E-state index in [-0.39, 0.29) is 12.1 Å². The second-order valence-corrected chi connectivity index (χ2v) is 6.93. The SMILES string of the molecule is COc1cc(NC(=O)N2CCC(Oc3cncc(N(C)C)n3)C2)cc(OC)c1OC. The van der Waals surface area contributed by atoms with E-state index >= 15 is 0 Å². The molecule has 2 heterocycles. The van der Waals surface area contributed by atoms with Crippen LogP contribution in [-0.4, -0.2) is 75.5 Å². The molecule has 3 rings (SSSR count). The lowest BCUT2D eigenvalue weighted by Crippen LogP contribution is -2.34. The number of carbonyl (C=O) groups is 1. The average molecular weight is 417 g/mol. The first-order valence-corrected chi connectivity index (χ1v) is 9.47. The van der Waals surface area contributed by atoms with Gasteiger partial charge in [-0.1, -0.05) is 0 Å². The molecule has 0 radical (unpaired) electrons. The van der Waals surface area contributed by atoms with Crippen LogP contribution in [0.25, 0.3) is 0 Å². The van der Waals surface area contributed by atoms with Crippen LogP contribution in [0.1, 0.15) is 6.42 Å². The third kappa shape index (κ3) is 4.76. The van der Waals surface area contributed by atoms with Gasteiger partial charge in [0, 0.05) is 39.2 Å². The summed E-state index contributed by atoms with van der Waals surface area (Å²) in [4.78, 5) is 24.8. The number of aromatic nitrogens is 2. The monoisotopic (exact) mass is 417 g/mol. The van der Waals surface area contributed by atoms with Gasteiger partial charge in [-0.25, -0.2) is 4.79 Å². The van der Waals surface area contributed by atoms with Crippen molar-refractivity contribution < 1.29 is 23.7 Å². The number of hydrogen-bond acceptors (Lipinski definition) is 8. The largest absolute Gasteiger partial charge is 0.493 e. The topological polar surface area (TPSA) is 98.3 Å². The lowest BCUT2D eigenvalue weighted by Gasteiger charge is -2.19. The normalized spacial score (nSPS) is 15.5. The molecule has 1 aliphatic rings. The predicted molar refractivity (Wildman–Crippen MR) is 112 cm³/mol. The number of methoxy groups -OCH3 is 3. The smallest absolute Gasteiger partial charge is 0.321 e. The minimum atomic E-state index is -0.233. The molecule has 0 saturated carbocycles. The minimum absolute atomic E-state index is 0.151. The zero-order chi connectivity index (χ0) is 21.7. The van der Waals surface area contributed by atoms with Crippen LogP contribution >= 0.6 is 0 Å². The molecular weight excluding hydrogens is 390 g/mol. The van der Waals surface area contributed by atoms with Crippen molar-refractivity contribution in [2.75, 3.05) is 58.7 Å². The van der Waals surface area contributed by atoms with Crippen LogP contribution in [0.4, 0.5) is 16.3 Å². The van der Waals surface area contributed by atoms with Gasteiger partial charge in [0.25, 0.3) is 0 Å². The Kier molecular flexibility index (Phi) is 6.65. The highest BCUT2D eigenvalue weighted by Crippen LogP contribution is 2.40. The number of amides is 2. The molecule has 0 aliphatic carbocycles. The summed E-state index contributed by atoms with van der Waals surface area (Å²) >= 11 is 0. The van der Waals surface area contributed by atoms with E-state index in [1.807, 2.05) is 19.0 Å². The van der Waals surface area contributed by atoms with Crippen molar-refractivity contribution in [3.8, 4) is 23.1 Å². The molecule has 0 spiro atoms. The number of benzene rings is 1. The number of rotatable bonds is 7. The Hall–Kier alpha value is -3.43. The van der Waals surface area contributed by atoms with E-state index in [4.69, 9.17) is 18.9 Å². The van der Waals surface area contributed by atoms with Gasteiger partial charge in [-0.05, 0) is 0 Å². The van der Waals surface area contributed by atoms with Gasteiger partial charge in [0.1, 0.15) is 6.10 Å². The summed E-state index contributed by atoms with van der Waals surface area (Å²) in [5.74, 6) is 2.55. The van der Waals surface area contributed by atoms with Crippen molar-refractivity contribution in [2.45, 2.75) is 12.5 Å². The molecule has 0 bridgehead atoms. The summed E-state index contributed by atoms with van der Waals surface area (Å²) in [7, 11) is 8.36. The summed E-state index contributed by atoms with van der Waals surface area (Å²) in [6.45, 7) is 1.02. The highest BCUT2D eigenvalue weighted by molar-refractivity contribution is 5.90. The maximum absolute atomic E-state index is 12.7. The van der Waals surface area contributed by atoms with Gasteiger partial charge < -0.3 is 34.1 Å². The molecule has 2 aromatic rings. The van der Waals surface area contributed by atoms with Gasteiger partial charge in [-0.15, -0.1) is 0 Å². The zero-order valence-corrected chi connectivity index (χ0v) is 17.8. The summed E-state index contributed by atoms with van der Waals surface area (Å²) in [5.41, 5.74) is 0.545. The molecule has 162 valence electrons. The second kappa shape index (κ2) is 9.38. The van der Waals surface area contributed by atoms with Crippen molar-refractivity contribution in [1.82, 2.24) is 14.9 Å². The van der Waals surface area contributed by atoms with E-state index in [9.17, 15) is 4.79 Å². The van der Waals surface area contributed by atoms with Gasteiger partial charge in [0.2, 0.25) is 11.6 Å². The average Bonchev–Trinajstić information content (AvgIpc) is 3.21. The van der Waals surface area contributed by atoms with Crippen LogP contribution in [-0.2, 0) is 0 Å². The number of hydrogen-bond donors (Lipinski definition) is 1. The number of ether oxygens (including phenoxy) is 4. The number of likely N-dealkylation sites (tertiary alicyclic amines) is 1. The summed E-state index contributed by atoms with van der Waals surface area (Å²) in [5, 5.41) is 2.87. The highest BCUT2D eigenvalue weighted by Gasteiger charge is 2.28. The van der Waals surface area contributed by atoms with Crippen molar-refractivity contribution >= 4 is 17.5 Å². The number of anilines is 2. The molecule has 1 saturated heterocycles. The minimum Gasteiger partial charge on any atom is -0.493 e. The van der Waals surface area contributed by atoms with Crippen molar-refractivity contribution in [1.29, 1.82) is 0 Å². The standard InChI is InChI=1S/C20H27N5O5/c1-24(2)17-10-21-11-18(23-17)30-14-6-7-25(12-14)20(26)22-13-8-15(27-3)19(29-5)16(9-13)28-4/h8-11,14H,6-7,12H2,1-5H3,(H,22,26). The number of nitrogens with zero attached hydrogens (tertiary/aromatic N) is 4. The predicted octanol–water partition coefficient (Wildman–Crippen LogP) is 2.25. The van der Waals surface area contributed by atoms with E-state index in [2.05, 4.69) is 15.3 Å². The van der Waals surface area contributed by atoms with E-state index in [1.54, 1.807) is 29.4 Å². The Morgan fingerprint density at radius 3 is 2.43 bits per heavy atom. The van der Waals surface area contributed by atoms with Crippen molar-refractivity contribution in [3.05, 3.63) is 24.5 Å². The first kappa shape index (κ1) is 21.3. The molecular formula is C20H27N5O5. The van der Waals surface area contributed by atoms with E-state index in [0.717, 1.165) is 0 Å². The Labute approximate surface area is 175 Å². The van der Waals surface area contributed by atoms with Crippen molar-refractivity contribution in [3.63, 3.8) is 0 Å². The number of carbonyl (C=O) groups excluding carboxylic acids is 1. The fourth-order valence-electron chi connectivity index (χ4n) is 3.15. The first-order chi connectivity index (χ1) is 14.4. The summed E-state index contributed by atoms with van der Waals surface area (Å²) in [6.07, 6.45) is 3.79. The Morgan fingerprint density at radius 1 is 1.13 bits per heavy atom. The van der Waals surface area contributed by atoms with Gasteiger partial charge >= 0.3 is 6.03 Å². The third-order valence-electron chi connectivity index (χ3n) is 4.69. The van der Waals surface area contributed by atoms with E-state index < -0.39 is 0 Å². The fourth-order valence-corrected chi connectivity index (χ4v) is 3.15. The van der Waals surface area contributed by atoms with Crippen LogP contribution in [0.3, 0.4) is 0 Å².